The van der Waals surface area contributed by atoms with Crippen LogP contribution in [0.3, 0.4) is 0 Å². The summed E-state index contributed by atoms with van der Waals surface area (Å²) in [6.45, 7) is 0. The minimum atomic E-state index is 1.03. The van der Waals surface area contributed by atoms with Crippen molar-refractivity contribution in [2.24, 2.45) is 0 Å². The summed E-state index contributed by atoms with van der Waals surface area (Å²) < 4.78 is 4.47. The number of rotatable bonds is 1. The average Bonchev–Trinajstić information content (AvgIpc) is 3.15. The zero-order valence-electron chi connectivity index (χ0n) is 11.4. The third-order valence-corrected chi connectivity index (χ3v) is 3.08. The Bertz CT molecular complexity index is 773. The number of benzene rings is 2. The lowest BCUT2D eigenvalue weighted by Crippen LogP contribution is -1.83. The lowest BCUT2D eigenvalue weighted by atomic mass is 10.0. The van der Waals surface area contributed by atoms with Gasteiger partial charge in [0.05, 0.1) is 11.9 Å². The van der Waals surface area contributed by atoms with Crippen molar-refractivity contribution in [2.45, 2.75) is 0 Å². The second-order valence-corrected chi connectivity index (χ2v) is 4.42. The van der Waals surface area contributed by atoms with Crippen molar-refractivity contribution in [3.63, 3.8) is 0 Å². The molecule has 21 heavy (non-hydrogen) atoms. The maximum Gasteiger partial charge on any atom is 0.180 e. The van der Waals surface area contributed by atoms with Crippen LogP contribution in [0.15, 0.2) is 90.1 Å². The standard InChI is InChI=1S/C15H11N.C3H3NO/c1-2-8-13-12(6-1)7-5-9-14(13)15-10-3-4-11-16-15;1-2-5-3-4-1/h1-11H;1-3H. The van der Waals surface area contributed by atoms with Crippen molar-refractivity contribution in [3.8, 4) is 11.3 Å². The summed E-state index contributed by atoms with van der Waals surface area (Å²) in [5.74, 6) is 0. The molecule has 0 aliphatic carbocycles. The Morgan fingerprint density at radius 1 is 0.762 bits per heavy atom. The van der Waals surface area contributed by atoms with E-state index in [4.69, 9.17) is 0 Å². The molecule has 0 amide bonds. The highest BCUT2D eigenvalue weighted by Gasteiger charge is 2.02. The van der Waals surface area contributed by atoms with E-state index in [1.165, 1.54) is 29.0 Å². The quantitative estimate of drug-likeness (QED) is 0.510. The van der Waals surface area contributed by atoms with Gasteiger partial charge in [0.25, 0.3) is 0 Å². The Morgan fingerprint density at radius 2 is 1.62 bits per heavy atom. The van der Waals surface area contributed by atoms with Gasteiger partial charge in [-0.3, -0.25) is 4.98 Å². The molecule has 4 aromatic rings. The molecule has 0 radical (unpaired) electrons. The monoisotopic (exact) mass is 274 g/mol. The fourth-order valence-electron chi connectivity index (χ4n) is 2.15. The minimum absolute atomic E-state index is 1.03. The van der Waals surface area contributed by atoms with Crippen LogP contribution in [-0.2, 0) is 0 Å². The van der Waals surface area contributed by atoms with Gasteiger partial charge in [-0.05, 0) is 22.9 Å². The Labute approximate surface area is 122 Å². The molecule has 0 saturated heterocycles. The molecule has 2 aromatic carbocycles. The molecule has 102 valence electrons. The Balaban J connectivity index is 0.000000225. The van der Waals surface area contributed by atoms with E-state index in [0.717, 1.165) is 5.69 Å². The molecule has 0 aliphatic heterocycles. The first-order chi connectivity index (χ1) is 10.4. The Hall–Kier alpha value is -2.94. The van der Waals surface area contributed by atoms with E-state index < -0.39 is 0 Å². The SMILES string of the molecule is c1ccc(-c2cccc3ccccc23)nc1.c1cocn1. The van der Waals surface area contributed by atoms with Gasteiger partial charge >= 0.3 is 0 Å². The highest BCUT2D eigenvalue weighted by Crippen LogP contribution is 2.26. The molecule has 0 bridgehead atoms. The van der Waals surface area contributed by atoms with Gasteiger partial charge in [0, 0.05) is 11.8 Å². The van der Waals surface area contributed by atoms with Crippen molar-refractivity contribution < 1.29 is 4.42 Å². The maximum absolute atomic E-state index is 4.47. The smallest absolute Gasteiger partial charge is 0.180 e. The molecular formula is C18H14N2O. The van der Waals surface area contributed by atoms with Gasteiger partial charge in [-0.25, -0.2) is 4.98 Å². The number of fused-ring (bicyclic) bond motifs is 1. The average molecular weight is 274 g/mol. The van der Waals surface area contributed by atoms with Crippen molar-refractivity contribution in [1.29, 1.82) is 0 Å². The fraction of sp³-hybridized carbons (Fsp3) is 0. The molecule has 0 N–H and O–H groups in total. The highest BCUT2D eigenvalue weighted by atomic mass is 16.3. The van der Waals surface area contributed by atoms with E-state index in [9.17, 15) is 0 Å². The normalized spacial score (nSPS) is 9.90. The van der Waals surface area contributed by atoms with Crippen molar-refractivity contribution in [3.05, 3.63) is 85.7 Å². The van der Waals surface area contributed by atoms with E-state index in [1.807, 2.05) is 24.4 Å². The van der Waals surface area contributed by atoms with Crippen LogP contribution < -0.4 is 0 Å². The van der Waals surface area contributed by atoms with Crippen LogP contribution in [0.4, 0.5) is 0 Å². The van der Waals surface area contributed by atoms with Gasteiger partial charge in [0.1, 0.15) is 6.26 Å². The largest absolute Gasteiger partial charge is 0.452 e. The van der Waals surface area contributed by atoms with Crippen molar-refractivity contribution in [2.75, 3.05) is 0 Å². The van der Waals surface area contributed by atoms with Gasteiger partial charge in [0.2, 0.25) is 0 Å². The van der Waals surface area contributed by atoms with Crippen molar-refractivity contribution in [1.82, 2.24) is 9.97 Å². The molecule has 0 unspecified atom stereocenters. The summed E-state index contributed by atoms with van der Waals surface area (Å²) in [5, 5.41) is 2.51. The van der Waals surface area contributed by atoms with Crippen LogP contribution in [0, 0.1) is 0 Å². The second kappa shape index (κ2) is 6.48. The van der Waals surface area contributed by atoms with E-state index in [0.29, 0.717) is 0 Å². The van der Waals surface area contributed by atoms with E-state index >= 15 is 0 Å². The molecule has 4 rings (SSSR count). The van der Waals surface area contributed by atoms with Crippen LogP contribution in [0.25, 0.3) is 22.0 Å². The molecule has 0 spiro atoms. The first-order valence-corrected chi connectivity index (χ1v) is 6.66. The summed E-state index contributed by atoms with van der Waals surface area (Å²) in [7, 11) is 0. The summed E-state index contributed by atoms with van der Waals surface area (Å²) in [6, 6.07) is 20.7. The van der Waals surface area contributed by atoms with E-state index in [2.05, 4.69) is 56.8 Å². The number of pyridine rings is 1. The molecule has 2 heterocycles. The predicted molar refractivity (Wildman–Crippen MR) is 83.7 cm³/mol. The van der Waals surface area contributed by atoms with Crippen LogP contribution in [0.5, 0.6) is 0 Å². The number of oxazole rings is 1. The first-order valence-electron chi connectivity index (χ1n) is 6.66. The molecule has 3 nitrogen and oxygen atoms in total. The number of nitrogens with zero attached hydrogens (tertiary/aromatic N) is 2. The number of hydrogen-bond acceptors (Lipinski definition) is 3. The molecule has 0 fully saturated rings. The van der Waals surface area contributed by atoms with Gasteiger partial charge in [0.15, 0.2) is 6.39 Å². The summed E-state index contributed by atoms with van der Waals surface area (Å²) in [6.07, 6.45) is 6.30. The molecule has 0 atom stereocenters. The zero-order valence-corrected chi connectivity index (χ0v) is 11.4. The minimum Gasteiger partial charge on any atom is -0.452 e. The maximum atomic E-state index is 4.47. The second-order valence-electron chi connectivity index (χ2n) is 4.42. The molecule has 2 aromatic heterocycles. The van der Waals surface area contributed by atoms with Crippen molar-refractivity contribution >= 4 is 10.8 Å². The lowest BCUT2D eigenvalue weighted by Gasteiger charge is -2.05. The molecule has 0 aliphatic rings. The Morgan fingerprint density at radius 3 is 2.33 bits per heavy atom. The molecule has 3 heteroatoms. The summed E-state index contributed by atoms with van der Waals surface area (Å²) in [4.78, 5) is 7.95. The fourth-order valence-corrected chi connectivity index (χ4v) is 2.15. The third kappa shape index (κ3) is 3.15. The summed E-state index contributed by atoms with van der Waals surface area (Å²) in [5.41, 5.74) is 2.22. The third-order valence-electron chi connectivity index (χ3n) is 3.08. The number of hydrogen-bond donors (Lipinski definition) is 0. The van der Waals surface area contributed by atoms with E-state index in [-0.39, 0.29) is 0 Å². The molecule has 0 saturated carbocycles. The van der Waals surface area contributed by atoms with Crippen LogP contribution in [-0.4, -0.2) is 9.97 Å². The predicted octanol–water partition coefficient (Wildman–Crippen LogP) is 4.58. The Kier molecular flexibility index (Phi) is 4.03. The molecular weight excluding hydrogens is 260 g/mol. The zero-order chi connectivity index (χ0) is 14.3. The number of aromatic nitrogens is 2. The van der Waals surface area contributed by atoms with Gasteiger partial charge in [-0.15, -0.1) is 0 Å². The topological polar surface area (TPSA) is 38.9 Å². The van der Waals surface area contributed by atoms with Crippen LogP contribution in [0.1, 0.15) is 0 Å². The van der Waals surface area contributed by atoms with Gasteiger partial charge in [-0.2, -0.15) is 0 Å². The van der Waals surface area contributed by atoms with Crippen LogP contribution >= 0.6 is 0 Å². The van der Waals surface area contributed by atoms with Crippen LogP contribution in [0.2, 0.25) is 0 Å². The first kappa shape index (κ1) is 13.1. The lowest BCUT2D eigenvalue weighted by molar-refractivity contribution is 0.558. The highest BCUT2D eigenvalue weighted by molar-refractivity contribution is 5.95. The van der Waals surface area contributed by atoms with Gasteiger partial charge in [-0.1, -0.05) is 48.5 Å². The summed E-state index contributed by atoms with van der Waals surface area (Å²) >= 11 is 0. The van der Waals surface area contributed by atoms with Gasteiger partial charge < -0.3 is 4.42 Å². The van der Waals surface area contributed by atoms with E-state index in [1.54, 1.807) is 6.20 Å².